The maximum Gasteiger partial charge on any atom is 0.142 e. The lowest BCUT2D eigenvalue weighted by molar-refractivity contribution is 0.578. The van der Waals surface area contributed by atoms with Gasteiger partial charge in [0.05, 0.1) is 23.1 Å². The number of nitriles is 1. The Kier molecular flexibility index (Phi) is 4.14. The van der Waals surface area contributed by atoms with Gasteiger partial charge in [0.1, 0.15) is 17.6 Å². The number of nitrogens with one attached hydrogen (secondary N) is 1. The molecule has 5 heterocycles. The molecule has 0 radical (unpaired) electrons. The molecule has 28 heavy (non-hydrogen) atoms. The molecule has 3 aromatic rings. The fourth-order valence-corrected chi connectivity index (χ4v) is 4.35. The van der Waals surface area contributed by atoms with Gasteiger partial charge < -0.3 is 15.1 Å². The van der Waals surface area contributed by atoms with Crippen molar-refractivity contribution in [3.05, 3.63) is 53.5 Å². The fraction of sp³-hybridized carbons (Fsp3) is 0.381. The summed E-state index contributed by atoms with van der Waals surface area (Å²) in [4.78, 5) is 9.78. The number of piperazine rings is 1. The second kappa shape index (κ2) is 6.80. The third-order valence-electron chi connectivity index (χ3n) is 5.75. The quantitative estimate of drug-likeness (QED) is 0.742. The van der Waals surface area contributed by atoms with Crippen LogP contribution in [-0.2, 0) is 6.54 Å². The Bertz CT molecular complexity index is 1060. The topological polar surface area (TPSA) is 72.5 Å². The van der Waals surface area contributed by atoms with Crippen molar-refractivity contribution in [3.8, 4) is 6.07 Å². The van der Waals surface area contributed by atoms with Crippen molar-refractivity contribution in [2.24, 2.45) is 0 Å². The molecule has 0 saturated carbocycles. The standard InChI is InChI=1S/C21H23N7/c1-15-13-27(18-4-3-17(12-22)28-19(18)6-7-24-28)14-16-2-5-20(25-21(15)16)26-10-8-23-9-11-26/h2-7,15,23H,8-11,13-14H2,1H3/t15-/m0/s1. The molecule has 142 valence electrons. The van der Waals surface area contributed by atoms with Crippen LogP contribution in [0.1, 0.15) is 29.8 Å². The molecule has 7 heteroatoms. The van der Waals surface area contributed by atoms with Crippen LogP contribution in [0.5, 0.6) is 0 Å². The Hall–Kier alpha value is -3.11. The first-order valence-electron chi connectivity index (χ1n) is 9.82. The van der Waals surface area contributed by atoms with Gasteiger partial charge in [0, 0.05) is 45.2 Å². The van der Waals surface area contributed by atoms with Gasteiger partial charge in [0.25, 0.3) is 0 Å². The van der Waals surface area contributed by atoms with E-state index in [0.717, 1.165) is 56.3 Å². The highest BCUT2D eigenvalue weighted by atomic mass is 15.3. The summed E-state index contributed by atoms with van der Waals surface area (Å²) in [6.07, 6.45) is 1.75. The molecule has 1 saturated heterocycles. The molecular weight excluding hydrogens is 350 g/mol. The van der Waals surface area contributed by atoms with Crippen LogP contribution in [0.25, 0.3) is 5.52 Å². The average Bonchev–Trinajstić information content (AvgIpc) is 3.23. The van der Waals surface area contributed by atoms with Crippen LogP contribution in [0.2, 0.25) is 0 Å². The first-order chi connectivity index (χ1) is 13.7. The van der Waals surface area contributed by atoms with Gasteiger partial charge in [-0.25, -0.2) is 9.50 Å². The zero-order valence-corrected chi connectivity index (χ0v) is 16.0. The monoisotopic (exact) mass is 373 g/mol. The molecule has 2 aliphatic rings. The van der Waals surface area contributed by atoms with Gasteiger partial charge in [-0.1, -0.05) is 13.0 Å². The number of fused-ring (bicyclic) bond motifs is 2. The summed E-state index contributed by atoms with van der Waals surface area (Å²) < 4.78 is 1.72. The van der Waals surface area contributed by atoms with Crippen LogP contribution < -0.4 is 15.1 Å². The van der Waals surface area contributed by atoms with Crippen molar-refractivity contribution in [1.82, 2.24) is 19.9 Å². The van der Waals surface area contributed by atoms with Crippen LogP contribution in [-0.4, -0.2) is 47.3 Å². The van der Waals surface area contributed by atoms with E-state index in [1.807, 2.05) is 18.2 Å². The zero-order chi connectivity index (χ0) is 19.1. The molecule has 0 spiro atoms. The van der Waals surface area contributed by atoms with Gasteiger partial charge in [-0.05, 0) is 29.8 Å². The first kappa shape index (κ1) is 17.0. The normalized spacial score (nSPS) is 19.5. The first-order valence-corrected chi connectivity index (χ1v) is 9.82. The van der Waals surface area contributed by atoms with Gasteiger partial charge in [-0.2, -0.15) is 10.4 Å². The Morgan fingerprint density at radius 3 is 2.79 bits per heavy atom. The lowest BCUT2D eigenvalue weighted by Crippen LogP contribution is -2.44. The molecule has 1 fully saturated rings. The molecule has 2 aliphatic heterocycles. The summed E-state index contributed by atoms with van der Waals surface area (Å²) in [5, 5.41) is 17.0. The highest BCUT2D eigenvalue weighted by molar-refractivity contribution is 5.74. The van der Waals surface area contributed by atoms with E-state index in [1.165, 1.54) is 11.3 Å². The second-order valence-electron chi connectivity index (χ2n) is 7.58. The Balaban J connectivity index is 1.48. The molecule has 0 aromatic carbocycles. The summed E-state index contributed by atoms with van der Waals surface area (Å²) in [5.74, 6) is 1.43. The van der Waals surface area contributed by atoms with Gasteiger partial charge in [0.15, 0.2) is 0 Å². The highest BCUT2D eigenvalue weighted by Gasteiger charge is 2.26. The average molecular weight is 373 g/mol. The molecular formula is C21H23N7. The predicted molar refractivity (Wildman–Crippen MR) is 109 cm³/mol. The van der Waals surface area contributed by atoms with Crippen molar-refractivity contribution in [3.63, 3.8) is 0 Å². The van der Waals surface area contributed by atoms with E-state index in [9.17, 15) is 5.26 Å². The smallest absolute Gasteiger partial charge is 0.142 e. The molecule has 0 bridgehead atoms. The second-order valence-corrected chi connectivity index (χ2v) is 7.58. The van der Waals surface area contributed by atoms with Gasteiger partial charge >= 0.3 is 0 Å². The molecule has 7 nitrogen and oxygen atoms in total. The van der Waals surface area contributed by atoms with E-state index in [4.69, 9.17) is 4.98 Å². The van der Waals surface area contributed by atoms with Crippen LogP contribution in [0.4, 0.5) is 11.5 Å². The van der Waals surface area contributed by atoms with Crippen molar-refractivity contribution in [1.29, 1.82) is 5.26 Å². The molecule has 1 N–H and O–H groups in total. The van der Waals surface area contributed by atoms with Gasteiger partial charge in [-0.3, -0.25) is 0 Å². The molecule has 3 aromatic heterocycles. The van der Waals surface area contributed by atoms with Crippen molar-refractivity contribution >= 4 is 17.0 Å². The molecule has 1 atom stereocenters. The van der Waals surface area contributed by atoms with E-state index in [0.29, 0.717) is 11.6 Å². The minimum absolute atomic E-state index is 0.338. The third kappa shape index (κ3) is 2.77. The minimum atomic E-state index is 0.338. The summed E-state index contributed by atoms with van der Waals surface area (Å²) in [5.41, 5.74) is 5.13. The van der Waals surface area contributed by atoms with Crippen LogP contribution in [0, 0.1) is 11.3 Å². The number of rotatable bonds is 2. The van der Waals surface area contributed by atoms with Gasteiger partial charge in [-0.15, -0.1) is 0 Å². The van der Waals surface area contributed by atoms with E-state index in [1.54, 1.807) is 10.7 Å². The van der Waals surface area contributed by atoms with Gasteiger partial charge in [0.2, 0.25) is 0 Å². The summed E-state index contributed by atoms with van der Waals surface area (Å²) in [7, 11) is 0. The highest BCUT2D eigenvalue weighted by Crippen LogP contribution is 2.33. The van der Waals surface area contributed by atoms with E-state index in [2.05, 4.69) is 45.3 Å². The Labute approximate surface area is 164 Å². The largest absolute Gasteiger partial charge is 0.365 e. The number of aromatic nitrogens is 3. The number of pyridine rings is 2. The van der Waals surface area contributed by atoms with Crippen LogP contribution >= 0.6 is 0 Å². The Morgan fingerprint density at radius 2 is 1.96 bits per heavy atom. The predicted octanol–water partition coefficient (Wildman–Crippen LogP) is 2.13. The lowest BCUT2D eigenvalue weighted by Gasteiger charge is -2.35. The maximum absolute atomic E-state index is 9.32. The number of anilines is 2. The molecule has 5 rings (SSSR count). The molecule has 0 unspecified atom stereocenters. The third-order valence-corrected chi connectivity index (χ3v) is 5.75. The fourth-order valence-electron chi connectivity index (χ4n) is 4.35. The van der Waals surface area contributed by atoms with E-state index in [-0.39, 0.29) is 0 Å². The van der Waals surface area contributed by atoms with Crippen LogP contribution in [0.3, 0.4) is 0 Å². The lowest BCUT2D eigenvalue weighted by atomic mass is 9.95. The van der Waals surface area contributed by atoms with Crippen molar-refractivity contribution < 1.29 is 0 Å². The van der Waals surface area contributed by atoms with E-state index < -0.39 is 0 Å². The number of nitrogens with zero attached hydrogens (tertiary/aromatic N) is 6. The SMILES string of the molecule is C[C@H]1CN(c2ccc(C#N)n3nccc23)Cc2ccc(N3CCNCC3)nc21. The molecule has 0 aliphatic carbocycles. The summed E-state index contributed by atoms with van der Waals surface area (Å²) in [6.45, 7) is 8.02. The van der Waals surface area contributed by atoms with Crippen molar-refractivity contribution in [2.45, 2.75) is 19.4 Å². The van der Waals surface area contributed by atoms with Crippen molar-refractivity contribution in [2.75, 3.05) is 42.5 Å². The molecule has 0 amide bonds. The summed E-state index contributed by atoms with van der Waals surface area (Å²) >= 11 is 0. The number of hydrogen-bond donors (Lipinski definition) is 1. The number of hydrogen-bond acceptors (Lipinski definition) is 6. The van der Waals surface area contributed by atoms with E-state index >= 15 is 0 Å². The Morgan fingerprint density at radius 1 is 1.11 bits per heavy atom. The summed E-state index contributed by atoms with van der Waals surface area (Å²) in [6, 6.07) is 12.5. The van der Waals surface area contributed by atoms with Crippen LogP contribution in [0.15, 0.2) is 36.5 Å². The minimum Gasteiger partial charge on any atom is -0.365 e. The maximum atomic E-state index is 9.32. The zero-order valence-electron chi connectivity index (χ0n) is 16.0.